The molecule has 0 atom stereocenters. The summed E-state index contributed by atoms with van der Waals surface area (Å²) in [6, 6.07) is 13.8. The number of benzene rings is 2. The summed E-state index contributed by atoms with van der Waals surface area (Å²) in [5, 5.41) is 2.98. The van der Waals surface area contributed by atoms with E-state index in [1.54, 1.807) is 4.90 Å². The molecule has 24 heavy (non-hydrogen) atoms. The maximum atomic E-state index is 12.7. The van der Waals surface area contributed by atoms with Gasteiger partial charge >= 0.3 is 6.03 Å². The summed E-state index contributed by atoms with van der Waals surface area (Å²) in [6.45, 7) is 9.77. The SMILES string of the molecule is CCOc1cc(C)ccc1NC(=O)N(CC)Cc1ccccc1C. The third-order valence-corrected chi connectivity index (χ3v) is 3.97. The molecule has 128 valence electrons. The van der Waals surface area contributed by atoms with Crippen LogP contribution < -0.4 is 10.1 Å². The maximum absolute atomic E-state index is 12.7. The van der Waals surface area contributed by atoms with E-state index >= 15 is 0 Å². The molecule has 0 aliphatic carbocycles. The van der Waals surface area contributed by atoms with E-state index in [1.165, 1.54) is 5.56 Å². The van der Waals surface area contributed by atoms with E-state index in [0.717, 1.165) is 11.1 Å². The lowest BCUT2D eigenvalue weighted by atomic mass is 10.1. The Morgan fingerprint density at radius 2 is 1.88 bits per heavy atom. The highest BCUT2D eigenvalue weighted by Gasteiger charge is 2.15. The second-order valence-electron chi connectivity index (χ2n) is 5.80. The summed E-state index contributed by atoms with van der Waals surface area (Å²) in [6.07, 6.45) is 0. The molecule has 0 unspecified atom stereocenters. The number of rotatable bonds is 6. The maximum Gasteiger partial charge on any atom is 0.322 e. The fourth-order valence-electron chi connectivity index (χ4n) is 2.52. The topological polar surface area (TPSA) is 41.6 Å². The minimum absolute atomic E-state index is 0.120. The Morgan fingerprint density at radius 1 is 1.12 bits per heavy atom. The number of nitrogens with zero attached hydrogens (tertiary/aromatic N) is 1. The smallest absolute Gasteiger partial charge is 0.322 e. The number of carbonyl (C=O) groups excluding carboxylic acids is 1. The Bertz CT molecular complexity index is 698. The van der Waals surface area contributed by atoms with Gasteiger partial charge in [0.05, 0.1) is 12.3 Å². The first kappa shape index (κ1) is 17.9. The van der Waals surface area contributed by atoms with Crippen molar-refractivity contribution in [2.45, 2.75) is 34.2 Å². The van der Waals surface area contributed by atoms with E-state index < -0.39 is 0 Å². The number of urea groups is 1. The Balaban J connectivity index is 2.14. The van der Waals surface area contributed by atoms with E-state index in [9.17, 15) is 4.79 Å². The molecule has 0 radical (unpaired) electrons. The van der Waals surface area contributed by atoms with Crippen LogP contribution in [0.1, 0.15) is 30.5 Å². The summed E-state index contributed by atoms with van der Waals surface area (Å²) >= 11 is 0. The Hall–Kier alpha value is -2.49. The third kappa shape index (κ3) is 4.51. The van der Waals surface area contributed by atoms with E-state index in [4.69, 9.17) is 4.74 Å². The van der Waals surface area contributed by atoms with Crippen molar-refractivity contribution in [1.82, 2.24) is 4.90 Å². The van der Waals surface area contributed by atoms with Crippen molar-refractivity contribution in [1.29, 1.82) is 0 Å². The highest BCUT2D eigenvalue weighted by molar-refractivity contribution is 5.91. The molecule has 0 aliphatic heterocycles. The number of amides is 2. The van der Waals surface area contributed by atoms with Gasteiger partial charge in [-0.2, -0.15) is 0 Å². The van der Waals surface area contributed by atoms with Gasteiger partial charge in [-0.3, -0.25) is 0 Å². The molecule has 1 N–H and O–H groups in total. The minimum atomic E-state index is -0.120. The molecule has 0 bridgehead atoms. The Morgan fingerprint density at radius 3 is 2.54 bits per heavy atom. The first-order valence-corrected chi connectivity index (χ1v) is 8.39. The van der Waals surface area contributed by atoms with Crippen LogP contribution in [-0.4, -0.2) is 24.1 Å². The summed E-state index contributed by atoms with van der Waals surface area (Å²) in [4.78, 5) is 14.4. The quantitative estimate of drug-likeness (QED) is 0.832. The monoisotopic (exact) mass is 326 g/mol. The van der Waals surface area contributed by atoms with Crippen molar-refractivity contribution in [2.75, 3.05) is 18.5 Å². The van der Waals surface area contributed by atoms with E-state index in [1.807, 2.05) is 51.1 Å². The first-order chi connectivity index (χ1) is 11.5. The van der Waals surface area contributed by atoms with Crippen LogP contribution in [0.5, 0.6) is 5.75 Å². The lowest BCUT2D eigenvalue weighted by molar-refractivity contribution is 0.212. The van der Waals surface area contributed by atoms with Crippen LogP contribution in [0.2, 0.25) is 0 Å². The zero-order valence-corrected chi connectivity index (χ0v) is 14.9. The van der Waals surface area contributed by atoms with Gasteiger partial charge in [-0.1, -0.05) is 30.3 Å². The normalized spacial score (nSPS) is 10.3. The lowest BCUT2D eigenvalue weighted by Crippen LogP contribution is -2.34. The standard InChI is InChI=1S/C20H26N2O2/c1-5-22(14-17-10-8-7-9-16(17)4)20(23)21-18-12-11-15(3)13-19(18)24-6-2/h7-13H,5-6,14H2,1-4H3,(H,21,23). The number of aryl methyl sites for hydroxylation is 2. The average Bonchev–Trinajstić information content (AvgIpc) is 2.56. The zero-order chi connectivity index (χ0) is 17.5. The molecule has 0 saturated heterocycles. The van der Waals surface area contributed by atoms with Crippen molar-refractivity contribution in [3.05, 3.63) is 59.2 Å². The fourth-order valence-corrected chi connectivity index (χ4v) is 2.52. The van der Waals surface area contributed by atoms with Gasteiger partial charge < -0.3 is 15.0 Å². The molecule has 2 aromatic carbocycles. The van der Waals surface area contributed by atoms with Crippen molar-refractivity contribution < 1.29 is 9.53 Å². The number of hydrogen-bond acceptors (Lipinski definition) is 2. The summed E-state index contributed by atoms with van der Waals surface area (Å²) in [5.41, 5.74) is 4.15. The first-order valence-electron chi connectivity index (χ1n) is 8.39. The van der Waals surface area contributed by atoms with Gasteiger partial charge in [0.25, 0.3) is 0 Å². The van der Waals surface area contributed by atoms with Crippen molar-refractivity contribution >= 4 is 11.7 Å². The van der Waals surface area contributed by atoms with Crippen LogP contribution in [0, 0.1) is 13.8 Å². The Kier molecular flexibility index (Phi) is 6.24. The molecule has 2 amide bonds. The molecule has 0 saturated carbocycles. The Labute approximate surface area is 144 Å². The lowest BCUT2D eigenvalue weighted by Gasteiger charge is -2.23. The second-order valence-corrected chi connectivity index (χ2v) is 5.80. The molecule has 0 aliphatic rings. The third-order valence-electron chi connectivity index (χ3n) is 3.97. The van der Waals surface area contributed by atoms with Crippen molar-refractivity contribution in [2.24, 2.45) is 0 Å². The van der Waals surface area contributed by atoms with Gasteiger partial charge in [0, 0.05) is 13.1 Å². The van der Waals surface area contributed by atoms with Crippen LogP contribution in [0.4, 0.5) is 10.5 Å². The van der Waals surface area contributed by atoms with Crippen LogP contribution in [0.3, 0.4) is 0 Å². The highest BCUT2D eigenvalue weighted by Crippen LogP contribution is 2.26. The minimum Gasteiger partial charge on any atom is -0.492 e. The van der Waals surface area contributed by atoms with Gasteiger partial charge in [-0.05, 0) is 56.5 Å². The summed E-state index contributed by atoms with van der Waals surface area (Å²) in [5.74, 6) is 0.706. The van der Waals surface area contributed by atoms with Crippen molar-refractivity contribution in [3.63, 3.8) is 0 Å². The highest BCUT2D eigenvalue weighted by atomic mass is 16.5. The van der Waals surface area contributed by atoms with Gasteiger partial charge in [-0.25, -0.2) is 4.79 Å². The van der Waals surface area contributed by atoms with E-state index in [0.29, 0.717) is 31.1 Å². The van der Waals surface area contributed by atoms with E-state index in [2.05, 4.69) is 24.4 Å². The molecule has 2 rings (SSSR count). The van der Waals surface area contributed by atoms with Crippen molar-refractivity contribution in [3.8, 4) is 5.75 Å². The van der Waals surface area contributed by atoms with Crippen LogP contribution in [0.15, 0.2) is 42.5 Å². The molecule has 0 heterocycles. The van der Waals surface area contributed by atoms with Gasteiger partial charge in [0.15, 0.2) is 0 Å². The number of nitrogens with one attached hydrogen (secondary N) is 1. The van der Waals surface area contributed by atoms with E-state index in [-0.39, 0.29) is 6.03 Å². The summed E-state index contributed by atoms with van der Waals surface area (Å²) < 4.78 is 5.64. The zero-order valence-electron chi connectivity index (χ0n) is 14.9. The van der Waals surface area contributed by atoms with Crippen LogP contribution in [0.25, 0.3) is 0 Å². The van der Waals surface area contributed by atoms with Gasteiger partial charge in [0.1, 0.15) is 5.75 Å². The number of hydrogen-bond donors (Lipinski definition) is 1. The molecule has 4 heteroatoms. The fraction of sp³-hybridized carbons (Fsp3) is 0.350. The number of ether oxygens (including phenoxy) is 1. The molecule has 0 spiro atoms. The molecule has 0 aromatic heterocycles. The predicted molar refractivity (Wildman–Crippen MR) is 98.6 cm³/mol. The largest absolute Gasteiger partial charge is 0.492 e. The average molecular weight is 326 g/mol. The molecular weight excluding hydrogens is 300 g/mol. The second kappa shape index (κ2) is 8.39. The molecule has 2 aromatic rings. The van der Waals surface area contributed by atoms with Crippen LogP contribution in [-0.2, 0) is 6.54 Å². The molecular formula is C20H26N2O2. The summed E-state index contributed by atoms with van der Waals surface area (Å²) in [7, 11) is 0. The predicted octanol–water partition coefficient (Wildman–Crippen LogP) is 4.76. The number of anilines is 1. The van der Waals surface area contributed by atoms with Crippen LogP contribution >= 0.6 is 0 Å². The molecule has 0 fully saturated rings. The number of carbonyl (C=O) groups is 1. The van der Waals surface area contributed by atoms with Gasteiger partial charge in [-0.15, -0.1) is 0 Å². The van der Waals surface area contributed by atoms with Gasteiger partial charge in [0.2, 0.25) is 0 Å². The molecule has 4 nitrogen and oxygen atoms in total.